The second-order valence-corrected chi connectivity index (χ2v) is 2.67. The number of ether oxygens (including phenoxy) is 1. The van der Waals surface area contributed by atoms with Crippen LogP contribution in [-0.4, -0.2) is 12.5 Å². The van der Waals surface area contributed by atoms with Crippen molar-refractivity contribution >= 4 is 11.6 Å². The number of carbonyl (C=O) groups is 1. The minimum absolute atomic E-state index is 0.0150. The molecule has 1 aromatic carbocycles. The molecule has 1 amide bonds. The van der Waals surface area contributed by atoms with Gasteiger partial charge in [-0.2, -0.15) is 5.26 Å². The number of benzene rings is 1. The van der Waals surface area contributed by atoms with Gasteiger partial charge in [-0.05, 0) is 18.2 Å². The van der Waals surface area contributed by atoms with Crippen LogP contribution in [0.15, 0.2) is 36.9 Å². The molecule has 0 spiro atoms. The first-order chi connectivity index (χ1) is 7.26. The minimum Gasteiger partial charge on any atom is -0.479 e. The number of nitrogens with one attached hydrogen (secondary N) is 1. The van der Waals surface area contributed by atoms with E-state index < -0.39 is 0 Å². The Morgan fingerprint density at radius 1 is 1.67 bits per heavy atom. The summed E-state index contributed by atoms with van der Waals surface area (Å²) < 4.78 is 5.07. The second kappa shape index (κ2) is 5.45. The van der Waals surface area contributed by atoms with E-state index in [1.807, 2.05) is 6.07 Å². The fourth-order valence-electron chi connectivity index (χ4n) is 0.973. The van der Waals surface area contributed by atoms with Crippen molar-refractivity contribution in [1.82, 2.24) is 0 Å². The van der Waals surface area contributed by atoms with Crippen molar-refractivity contribution in [3.63, 3.8) is 0 Å². The summed E-state index contributed by atoms with van der Waals surface area (Å²) in [6.45, 7) is 3.33. The predicted molar refractivity (Wildman–Crippen MR) is 56.4 cm³/mol. The molecule has 0 aliphatic heterocycles. The van der Waals surface area contributed by atoms with Gasteiger partial charge in [0.2, 0.25) is 5.91 Å². The standard InChI is InChI=1S/C11H10N2O2/c1-2-11(14)13-9-4-3-5-10(8-9)15-7-6-12/h2-5,8H,1,7H2,(H,13,14). The van der Waals surface area contributed by atoms with Gasteiger partial charge in [0.15, 0.2) is 6.61 Å². The quantitative estimate of drug-likeness (QED) is 0.756. The summed E-state index contributed by atoms with van der Waals surface area (Å²) in [6, 6.07) is 8.66. The maximum atomic E-state index is 11.0. The number of carbonyl (C=O) groups excluding carboxylic acids is 1. The Hall–Kier alpha value is -2.28. The molecule has 0 heterocycles. The average molecular weight is 202 g/mol. The van der Waals surface area contributed by atoms with E-state index >= 15 is 0 Å². The van der Waals surface area contributed by atoms with Crippen molar-refractivity contribution in [3.8, 4) is 11.8 Å². The Kier molecular flexibility index (Phi) is 3.92. The lowest BCUT2D eigenvalue weighted by atomic mass is 10.3. The van der Waals surface area contributed by atoms with Crippen LogP contribution in [-0.2, 0) is 4.79 Å². The molecule has 0 bridgehead atoms. The van der Waals surface area contributed by atoms with Gasteiger partial charge < -0.3 is 10.1 Å². The van der Waals surface area contributed by atoms with Crippen molar-refractivity contribution in [3.05, 3.63) is 36.9 Å². The summed E-state index contributed by atoms with van der Waals surface area (Å²) in [4.78, 5) is 11.0. The van der Waals surface area contributed by atoms with E-state index in [2.05, 4.69) is 11.9 Å². The van der Waals surface area contributed by atoms with Crippen molar-refractivity contribution in [2.75, 3.05) is 11.9 Å². The minimum atomic E-state index is -0.285. The van der Waals surface area contributed by atoms with Gasteiger partial charge >= 0.3 is 0 Å². The van der Waals surface area contributed by atoms with Gasteiger partial charge in [-0.1, -0.05) is 12.6 Å². The third kappa shape index (κ3) is 3.53. The van der Waals surface area contributed by atoms with Crippen LogP contribution < -0.4 is 10.1 Å². The van der Waals surface area contributed by atoms with Gasteiger partial charge in [0.05, 0.1) is 0 Å². The lowest BCUT2D eigenvalue weighted by Crippen LogP contribution is -2.07. The molecule has 0 atom stereocenters. The van der Waals surface area contributed by atoms with Crippen LogP contribution in [0.5, 0.6) is 5.75 Å². The highest BCUT2D eigenvalue weighted by Crippen LogP contribution is 2.16. The zero-order valence-corrected chi connectivity index (χ0v) is 8.06. The predicted octanol–water partition coefficient (Wildman–Crippen LogP) is 1.71. The van der Waals surface area contributed by atoms with Crippen LogP contribution in [0.1, 0.15) is 0 Å². The lowest BCUT2D eigenvalue weighted by molar-refractivity contribution is -0.111. The maximum Gasteiger partial charge on any atom is 0.247 e. The zero-order chi connectivity index (χ0) is 11.1. The Balaban J connectivity index is 2.70. The first-order valence-electron chi connectivity index (χ1n) is 4.29. The number of hydrogen-bond donors (Lipinski definition) is 1. The van der Waals surface area contributed by atoms with Crippen molar-refractivity contribution in [1.29, 1.82) is 5.26 Å². The van der Waals surface area contributed by atoms with Gasteiger partial charge in [0.1, 0.15) is 11.8 Å². The number of nitriles is 1. The molecule has 0 aliphatic rings. The third-order valence-electron chi connectivity index (χ3n) is 1.59. The average Bonchev–Trinajstić information content (AvgIpc) is 2.26. The summed E-state index contributed by atoms with van der Waals surface area (Å²) in [5.74, 6) is 0.255. The molecule has 0 radical (unpaired) electrons. The third-order valence-corrected chi connectivity index (χ3v) is 1.59. The Morgan fingerprint density at radius 3 is 3.13 bits per heavy atom. The molecule has 0 saturated heterocycles. The monoisotopic (exact) mass is 202 g/mol. The van der Waals surface area contributed by atoms with Gasteiger partial charge in [-0.3, -0.25) is 4.79 Å². The number of anilines is 1. The smallest absolute Gasteiger partial charge is 0.247 e. The molecule has 76 valence electrons. The largest absolute Gasteiger partial charge is 0.479 e. The molecular weight excluding hydrogens is 192 g/mol. The van der Waals surface area contributed by atoms with Crippen molar-refractivity contribution < 1.29 is 9.53 Å². The highest BCUT2D eigenvalue weighted by atomic mass is 16.5. The van der Waals surface area contributed by atoms with E-state index in [1.54, 1.807) is 24.3 Å². The Morgan fingerprint density at radius 2 is 2.47 bits per heavy atom. The number of hydrogen-bond acceptors (Lipinski definition) is 3. The van der Waals surface area contributed by atoms with Crippen LogP contribution in [0.3, 0.4) is 0 Å². The molecule has 1 rings (SSSR count). The van der Waals surface area contributed by atoms with Gasteiger partial charge in [-0.25, -0.2) is 0 Å². The van der Waals surface area contributed by atoms with Crippen molar-refractivity contribution in [2.45, 2.75) is 0 Å². The summed E-state index contributed by atoms with van der Waals surface area (Å²) in [5, 5.41) is 10.9. The molecule has 0 unspecified atom stereocenters. The number of nitrogens with zero attached hydrogens (tertiary/aromatic N) is 1. The topological polar surface area (TPSA) is 62.1 Å². The van der Waals surface area contributed by atoms with Gasteiger partial charge in [0, 0.05) is 11.8 Å². The van der Waals surface area contributed by atoms with E-state index in [0.717, 1.165) is 0 Å². The van der Waals surface area contributed by atoms with E-state index in [0.29, 0.717) is 11.4 Å². The van der Waals surface area contributed by atoms with E-state index in [-0.39, 0.29) is 12.5 Å². The van der Waals surface area contributed by atoms with Crippen LogP contribution in [0.25, 0.3) is 0 Å². The first kappa shape index (κ1) is 10.8. The van der Waals surface area contributed by atoms with E-state index in [9.17, 15) is 4.79 Å². The molecule has 15 heavy (non-hydrogen) atoms. The fourth-order valence-corrected chi connectivity index (χ4v) is 0.973. The summed E-state index contributed by atoms with van der Waals surface area (Å²) in [6.07, 6.45) is 1.18. The Labute approximate surface area is 87.8 Å². The van der Waals surface area contributed by atoms with Crippen LogP contribution in [0.4, 0.5) is 5.69 Å². The first-order valence-corrected chi connectivity index (χ1v) is 4.29. The summed E-state index contributed by atoms with van der Waals surface area (Å²) >= 11 is 0. The van der Waals surface area contributed by atoms with Crippen molar-refractivity contribution in [2.24, 2.45) is 0 Å². The van der Waals surface area contributed by atoms with Crippen LogP contribution >= 0.6 is 0 Å². The van der Waals surface area contributed by atoms with Gasteiger partial charge in [-0.15, -0.1) is 0 Å². The van der Waals surface area contributed by atoms with Crippen LogP contribution in [0.2, 0.25) is 0 Å². The molecule has 0 fully saturated rings. The molecular formula is C11H10N2O2. The highest BCUT2D eigenvalue weighted by Gasteiger charge is 1.98. The lowest BCUT2D eigenvalue weighted by Gasteiger charge is -2.05. The van der Waals surface area contributed by atoms with E-state index in [1.165, 1.54) is 6.08 Å². The molecule has 0 aromatic heterocycles. The Bertz CT molecular complexity index is 407. The number of amides is 1. The highest BCUT2D eigenvalue weighted by molar-refractivity contribution is 5.98. The SMILES string of the molecule is C=CC(=O)Nc1cccc(OCC#N)c1. The normalized spacial score (nSPS) is 8.73. The zero-order valence-electron chi connectivity index (χ0n) is 8.06. The summed E-state index contributed by atoms with van der Waals surface area (Å²) in [5.41, 5.74) is 0.607. The van der Waals surface area contributed by atoms with E-state index in [4.69, 9.17) is 10.00 Å². The fraction of sp³-hybridized carbons (Fsp3) is 0.0909. The molecule has 4 heteroatoms. The van der Waals surface area contributed by atoms with Gasteiger partial charge in [0.25, 0.3) is 0 Å². The molecule has 4 nitrogen and oxygen atoms in total. The molecule has 0 saturated carbocycles. The summed E-state index contributed by atoms with van der Waals surface area (Å²) in [7, 11) is 0. The maximum absolute atomic E-state index is 11.0. The van der Waals surface area contributed by atoms with Crippen LogP contribution in [0, 0.1) is 11.3 Å². The molecule has 1 N–H and O–H groups in total. The second-order valence-electron chi connectivity index (χ2n) is 2.67. The molecule has 0 aliphatic carbocycles. The number of rotatable bonds is 4. The molecule has 1 aromatic rings.